The van der Waals surface area contributed by atoms with Crippen molar-refractivity contribution in [3.63, 3.8) is 0 Å². The topological polar surface area (TPSA) is 38.9 Å². The maximum absolute atomic E-state index is 14.7. The average molecular weight is 699 g/mol. The van der Waals surface area contributed by atoms with Crippen molar-refractivity contribution in [3.05, 3.63) is 145 Å². The Labute approximate surface area is 245 Å². The van der Waals surface area contributed by atoms with E-state index >= 15 is 0 Å². The molecule has 0 saturated carbocycles. The molecule has 0 aliphatic rings. The van der Waals surface area contributed by atoms with Crippen LogP contribution in [0.3, 0.4) is 0 Å². The fourth-order valence-electron chi connectivity index (χ4n) is 4.59. The van der Waals surface area contributed by atoms with E-state index < -0.39 is 0 Å². The standard InChI is InChI=1S/C23H13FNO.C12H10N.Ir/c24-19-13-12-17-16-9-6-10-18(20-11-4-5-14-25-20)22(16)26-23(17)21(19)15-7-2-1-3-8-15;1-10-7-8-13-12(9-10)11-5-3-2-4-6-11;/h1-9,11-14H;2-5,7-9H,1H3;/q2*-1;. The quantitative estimate of drug-likeness (QED) is 0.173. The zero-order chi connectivity index (χ0) is 26.6. The van der Waals surface area contributed by atoms with Gasteiger partial charge in [-0.05, 0) is 48.1 Å². The largest absolute Gasteiger partial charge is 0.500 e. The SMILES string of the molecule is Cc1ccnc(-c2[c-]cccc2)c1.Fc1ccc2c(oc3c(-c4ccccn4)[c-]ccc32)c1-c1ccccc1.[Ir]. The Bertz CT molecular complexity index is 1870. The van der Waals surface area contributed by atoms with E-state index in [2.05, 4.69) is 35.1 Å². The van der Waals surface area contributed by atoms with Crippen LogP contribution in [-0.4, -0.2) is 9.97 Å². The van der Waals surface area contributed by atoms with Crippen molar-refractivity contribution in [2.45, 2.75) is 6.92 Å². The summed E-state index contributed by atoms with van der Waals surface area (Å²) >= 11 is 0. The average Bonchev–Trinajstić information content (AvgIpc) is 3.37. The fourth-order valence-corrected chi connectivity index (χ4v) is 4.59. The molecule has 0 atom stereocenters. The fraction of sp³-hybridized carbons (Fsp3) is 0.0286. The van der Waals surface area contributed by atoms with E-state index in [0.29, 0.717) is 16.7 Å². The van der Waals surface area contributed by atoms with Gasteiger partial charge in [-0.3, -0.25) is 0 Å². The summed E-state index contributed by atoms with van der Waals surface area (Å²) in [5.41, 5.74) is 7.29. The van der Waals surface area contributed by atoms with Crippen LogP contribution in [0.4, 0.5) is 4.39 Å². The van der Waals surface area contributed by atoms with E-state index in [1.54, 1.807) is 12.3 Å². The Morgan fingerprint density at radius 1 is 0.675 bits per heavy atom. The molecular formula is C35H23FIrN2O-2. The van der Waals surface area contributed by atoms with Gasteiger partial charge in [0.2, 0.25) is 0 Å². The van der Waals surface area contributed by atoms with Crippen LogP contribution in [0.25, 0.3) is 55.6 Å². The Morgan fingerprint density at radius 2 is 1.45 bits per heavy atom. The summed E-state index contributed by atoms with van der Waals surface area (Å²) in [5.74, 6) is -0.300. The number of hydrogen-bond acceptors (Lipinski definition) is 3. The van der Waals surface area contributed by atoms with Gasteiger partial charge in [-0.15, -0.1) is 54.1 Å². The van der Waals surface area contributed by atoms with E-state index in [1.807, 2.05) is 97.2 Å². The number of halogens is 1. The number of benzene rings is 4. The van der Waals surface area contributed by atoms with Crippen LogP contribution in [0, 0.1) is 24.9 Å². The van der Waals surface area contributed by atoms with Crippen LogP contribution < -0.4 is 0 Å². The molecule has 3 aromatic heterocycles. The van der Waals surface area contributed by atoms with Gasteiger partial charge in [-0.25, -0.2) is 4.39 Å². The van der Waals surface area contributed by atoms with Crippen molar-refractivity contribution >= 4 is 21.9 Å². The van der Waals surface area contributed by atoms with Crippen LogP contribution in [0.15, 0.2) is 126 Å². The second-order valence-electron chi connectivity index (χ2n) is 9.07. The summed E-state index contributed by atoms with van der Waals surface area (Å²) in [6, 6.07) is 40.5. The van der Waals surface area contributed by atoms with Gasteiger partial charge in [0.25, 0.3) is 0 Å². The molecule has 1 radical (unpaired) electrons. The molecule has 0 spiro atoms. The zero-order valence-electron chi connectivity index (χ0n) is 21.6. The summed E-state index contributed by atoms with van der Waals surface area (Å²) in [6.07, 6.45) is 3.56. The molecule has 7 rings (SSSR count). The maximum Gasteiger partial charge on any atom is 0.134 e. The summed E-state index contributed by atoms with van der Waals surface area (Å²) < 4.78 is 20.9. The van der Waals surface area contributed by atoms with Gasteiger partial charge in [-0.1, -0.05) is 65.0 Å². The number of furan rings is 1. The molecule has 0 fully saturated rings. The van der Waals surface area contributed by atoms with Gasteiger partial charge in [0.05, 0.1) is 11.1 Å². The van der Waals surface area contributed by atoms with Crippen molar-refractivity contribution in [2.24, 2.45) is 0 Å². The van der Waals surface area contributed by atoms with Crippen molar-refractivity contribution in [2.75, 3.05) is 0 Å². The minimum absolute atomic E-state index is 0. The van der Waals surface area contributed by atoms with Crippen LogP contribution in [0.2, 0.25) is 0 Å². The summed E-state index contributed by atoms with van der Waals surface area (Å²) in [4.78, 5) is 8.68. The molecule has 197 valence electrons. The van der Waals surface area contributed by atoms with Crippen molar-refractivity contribution in [1.29, 1.82) is 0 Å². The number of fused-ring (bicyclic) bond motifs is 3. The number of aromatic nitrogens is 2. The van der Waals surface area contributed by atoms with E-state index in [1.165, 1.54) is 11.6 Å². The van der Waals surface area contributed by atoms with Gasteiger partial charge in [0, 0.05) is 37.9 Å². The molecule has 0 aliphatic carbocycles. The molecule has 0 saturated heterocycles. The van der Waals surface area contributed by atoms with E-state index in [4.69, 9.17) is 4.42 Å². The first-order valence-electron chi connectivity index (χ1n) is 12.6. The summed E-state index contributed by atoms with van der Waals surface area (Å²) in [7, 11) is 0. The van der Waals surface area contributed by atoms with Gasteiger partial charge in [0.15, 0.2) is 0 Å². The van der Waals surface area contributed by atoms with Gasteiger partial charge in [0.1, 0.15) is 11.4 Å². The Balaban J connectivity index is 0.000000195. The molecule has 3 heterocycles. The smallest absolute Gasteiger partial charge is 0.134 e. The first-order chi connectivity index (χ1) is 19.2. The van der Waals surface area contributed by atoms with Crippen LogP contribution in [0.1, 0.15) is 5.56 Å². The third kappa shape index (κ3) is 5.48. The first kappa shape index (κ1) is 27.1. The Kier molecular flexibility index (Phi) is 8.25. The van der Waals surface area contributed by atoms with Gasteiger partial charge < -0.3 is 14.4 Å². The van der Waals surface area contributed by atoms with E-state index in [0.717, 1.165) is 38.9 Å². The molecule has 4 aromatic carbocycles. The number of hydrogen-bond donors (Lipinski definition) is 0. The van der Waals surface area contributed by atoms with Crippen molar-refractivity contribution in [1.82, 2.24) is 9.97 Å². The normalized spacial score (nSPS) is 10.6. The van der Waals surface area contributed by atoms with E-state index in [9.17, 15) is 4.39 Å². The number of rotatable bonds is 3. The molecular weight excluding hydrogens is 676 g/mol. The molecule has 7 aromatic rings. The summed E-state index contributed by atoms with van der Waals surface area (Å²) in [5, 5.41) is 1.81. The molecule has 0 unspecified atom stereocenters. The van der Waals surface area contributed by atoms with Crippen molar-refractivity contribution < 1.29 is 28.9 Å². The van der Waals surface area contributed by atoms with Gasteiger partial charge in [-0.2, -0.15) is 0 Å². The van der Waals surface area contributed by atoms with Crippen LogP contribution in [0.5, 0.6) is 0 Å². The van der Waals surface area contributed by atoms with Crippen LogP contribution >= 0.6 is 0 Å². The Morgan fingerprint density at radius 3 is 2.20 bits per heavy atom. The molecule has 0 aliphatic heterocycles. The third-order valence-corrected chi connectivity index (χ3v) is 6.43. The van der Waals surface area contributed by atoms with E-state index in [-0.39, 0.29) is 25.9 Å². The molecule has 5 heteroatoms. The predicted octanol–water partition coefficient (Wildman–Crippen LogP) is 9.11. The Hall–Kier alpha value is -4.44. The van der Waals surface area contributed by atoms with Crippen LogP contribution in [-0.2, 0) is 20.1 Å². The van der Waals surface area contributed by atoms with Gasteiger partial charge >= 0.3 is 0 Å². The monoisotopic (exact) mass is 699 g/mol. The number of aryl methyl sites for hydroxylation is 1. The third-order valence-electron chi connectivity index (χ3n) is 6.43. The summed E-state index contributed by atoms with van der Waals surface area (Å²) in [6.45, 7) is 2.06. The minimum Gasteiger partial charge on any atom is -0.500 e. The molecule has 40 heavy (non-hydrogen) atoms. The first-order valence-corrected chi connectivity index (χ1v) is 12.6. The molecule has 0 bridgehead atoms. The second-order valence-corrected chi connectivity index (χ2v) is 9.07. The maximum atomic E-state index is 14.7. The predicted molar refractivity (Wildman–Crippen MR) is 154 cm³/mol. The number of nitrogens with zero attached hydrogens (tertiary/aromatic N) is 2. The van der Waals surface area contributed by atoms with Crippen molar-refractivity contribution in [3.8, 4) is 33.6 Å². The number of pyridine rings is 2. The molecule has 0 amide bonds. The minimum atomic E-state index is -0.300. The molecule has 0 N–H and O–H groups in total. The molecule has 3 nitrogen and oxygen atoms in total. The zero-order valence-corrected chi connectivity index (χ0v) is 24.0. The second kappa shape index (κ2) is 12.2.